The summed E-state index contributed by atoms with van der Waals surface area (Å²) in [4.78, 5) is 12.0. The molecule has 0 aliphatic heterocycles. The lowest BCUT2D eigenvalue weighted by Gasteiger charge is -2.15. The van der Waals surface area contributed by atoms with E-state index in [9.17, 15) is 4.79 Å². The van der Waals surface area contributed by atoms with Gasteiger partial charge in [-0.25, -0.2) is 4.79 Å². The number of carbonyl (C=O) groups is 1. The average molecular weight is 312 g/mol. The van der Waals surface area contributed by atoms with Crippen LogP contribution in [0.2, 0.25) is 0 Å². The third-order valence-corrected chi connectivity index (χ3v) is 3.64. The van der Waals surface area contributed by atoms with Gasteiger partial charge in [0.05, 0.1) is 0 Å². The van der Waals surface area contributed by atoms with Crippen LogP contribution in [-0.4, -0.2) is 12.8 Å². The highest BCUT2D eigenvalue weighted by molar-refractivity contribution is 5.90. The van der Waals surface area contributed by atoms with Gasteiger partial charge in [-0.15, -0.1) is 0 Å². The molecule has 2 rings (SSSR count). The predicted molar refractivity (Wildman–Crippen MR) is 94.0 cm³/mol. The first-order valence-corrected chi connectivity index (χ1v) is 7.96. The highest BCUT2D eigenvalue weighted by atomic mass is 16.5. The number of anilines is 1. The normalized spacial score (nSPS) is 10.4. The van der Waals surface area contributed by atoms with Crippen LogP contribution >= 0.6 is 0 Å². The van der Waals surface area contributed by atoms with Crippen LogP contribution in [-0.2, 0) is 6.42 Å². The van der Waals surface area contributed by atoms with E-state index in [0.29, 0.717) is 5.92 Å². The van der Waals surface area contributed by atoms with Crippen molar-refractivity contribution < 1.29 is 9.53 Å². The Kier molecular flexibility index (Phi) is 6.03. The molecule has 0 fully saturated rings. The fraction of sp³-hybridized carbons (Fsp3) is 0.316. The zero-order valence-corrected chi connectivity index (χ0v) is 13.9. The topological polar surface area (TPSA) is 50.4 Å². The van der Waals surface area contributed by atoms with E-state index in [1.165, 1.54) is 0 Å². The minimum atomic E-state index is -0.271. The van der Waals surface area contributed by atoms with Crippen molar-refractivity contribution in [2.75, 3.05) is 12.0 Å². The van der Waals surface area contributed by atoms with Crippen molar-refractivity contribution in [2.45, 2.75) is 33.1 Å². The van der Waals surface area contributed by atoms with Gasteiger partial charge in [-0.2, -0.15) is 0 Å². The third kappa shape index (κ3) is 4.74. The number of aryl methyl sites for hydroxylation is 1. The number of nitrogens with one attached hydrogen (secondary N) is 2. The van der Waals surface area contributed by atoms with Gasteiger partial charge < -0.3 is 15.4 Å². The number of urea groups is 1. The molecule has 0 spiro atoms. The van der Waals surface area contributed by atoms with Crippen molar-refractivity contribution in [3.63, 3.8) is 0 Å². The number of hydrogen-bond donors (Lipinski definition) is 2. The fourth-order valence-corrected chi connectivity index (χ4v) is 2.40. The van der Waals surface area contributed by atoms with E-state index in [2.05, 4.69) is 31.4 Å². The van der Waals surface area contributed by atoms with Crippen LogP contribution in [0, 0.1) is 0 Å². The van der Waals surface area contributed by atoms with E-state index < -0.39 is 0 Å². The highest BCUT2D eigenvalue weighted by Gasteiger charge is 2.09. The van der Waals surface area contributed by atoms with Gasteiger partial charge >= 0.3 is 6.03 Å². The second-order valence-electron chi connectivity index (χ2n) is 5.62. The van der Waals surface area contributed by atoms with Crippen molar-refractivity contribution >= 4 is 11.7 Å². The van der Waals surface area contributed by atoms with Crippen molar-refractivity contribution in [2.24, 2.45) is 0 Å². The van der Waals surface area contributed by atoms with Gasteiger partial charge in [-0.3, -0.25) is 0 Å². The predicted octanol–water partition coefficient (Wildman–Crippen LogP) is 4.53. The first kappa shape index (κ1) is 16.9. The second kappa shape index (κ2) is 8.22. The molecule has 0 aromatic heterocycles. The summed E-state index contributed by atoms with van der Waals surface area (Å²) in [6.45, 7) is 6.41. The molecule has 0 aliphatic carbocycles. The second-order valence-corrected chi connectivity index (χ2v) is 5.62. The molecule has 0 aliphatic rings. The molecule has 23 heavy (non-hydrogen) atoms. The molecule has 0 unspecified atom stereocenters. The van der Waals surface area contributed by atoms with Crippen molar-refractivity contribution in [1.82, 2.24) is 5.32 Å². The monoisotopic (exact) mass is 312 g/mol. The Morgan fingerprint density at radius 1 is 1.09 bits per heavy atom. The smallest absolute Gasteiger partial charge is 0.321 e. The molecule has 0 saturated carbocycles. The Bertz CT molecular complexity index is 653. The first-order valence-electron chi connectivity index (χ1n) is 7.96. The summed E-state index contributed by atoms with van der Waals surface area (Å²) >= 11 is 0. The zero-order valence-electron chi connectivity index (χ0n) is 13.9. The molecule has 0 radical (unpaired) electrons. The standard InChI is InChI=1S/C19H24N2O2/c1-4-15-9-5-8-12-18(15)23-13-20-19(22)21-17-11-7-6-10-16(17)14(2)3/h5-12,14H,4,13H2,1-3H3,(H2,20,21,22). The van der Waals surface area contributed by atoms with E-state index in [1.807, 2.05) is 48.5 Å². The molecule has 2 amide bonds. The molecule has 0 bridgehead atoms. The van der Waals surface area contributed by atoms with E-state index in [4.69, 9.17) is 4.74 Å². The molecule has 4 heteroatoms. The molecule has 0 atom stereocenters. The van der Waals surface area contributed by atoms with Crippen LogP contribution in [0.1, 0.15) is 37.8 Å². The van der Waals surface area contributed by atoms with Crippen LogP contribution < -0.4 is 15.4 Å². The van der Waals surface area contributed by atoms with Crippen molar-refractivity contribution in [1.29, 1.82) is 0 Å². The highest BCUT2D eigenvalue weighted by Crippen LogP contribution is 2.23. The Morgan fingerprint density at radius 3 is 2.52 bits per heavy atom. The average Bonchev–Trinajstić information content (AvgIpc) is 2.55. The lowest BCUT2D eigenvalue weighted by Crippen LogP contribution is -2.32. The number of para-hydroxylation sites is 2. The Balaban J connectivity index is 1.89. The molecule has 2 aromatic rings. The quantitative estimate of drug-likeness (QED) is 0.770. The van der Waals surface area contributed by atoms with Crippen molar-refractivity contribution in [3.8, 4) is 5.75 Å². The van der Waals surface area contributed by atoms with Gasteiger partial charge in [0.15, 0.2) is 6.73 Å². The first-order chi connectivity index (χ1) is 11.1. The van der Waals surface area contributed by atoms with Gasteiger partial charge in [-0.05, 0) is 35.6 Å². The summed E-state index contributed by atoms with van der Waals surface area (Å²) in [6.07, 6.45) is 0.893. The van der Waals surface area contributed by atoms with Gasteiger partial charge in [0.25, 0.3) is 0 Å². The summed E-state index contributed by atoms with van der Waals surface area (Å²) in [5.41, 5.74) is 3.06. The van der Waals surface area contributed by atoms with Crippen LogP contribution in [0.15, 0.2) is 48.5 Å². The van der Waals surface area contributed by atoms with E-state index in [-0.39, 0.29) is 12.8 Å². The summed E-state index contributed by atoms with van der Waals surface area (Å²) in [7, 11) is 0. The lowest BCUT2D eigenvalue weighted by molar-refractivity contribution is 0.234. The van der Waals surface area contributed by atoms with Crippen LogP contribution in [0.4, 0.5) is 10.5 Å². The number of carbonyl (C=O) groups excluding carboxylic acids is 1. The molecule has 0 saturated heterocycles. The molecule has 0 heterocycles. The maximum Gasteiger partial charge on any atom is 0.321 e. The number of benzene rings is 2. The van der Waals surface area contributed by atoms with E-state index in [0.717, 1.165) is 29.0 Å². The zero-order chi connectivity index (χ0) is 16.7. The summed E-state index contributed by atoms with van der Waals surface area (Å²) < 4.78 is 5.64. The molecule has 4 nitrogen and oxygen atoms in total. The number of ether oxygens (including phenoxy) is 1. The summed E-state index contributed by atoms with van der Waals surface area (Å²) in [5.74, 6) is 1.15. The maximum atomic E-state index is 12.0. The van der Waals surface area contributed by atoms with Crippen LogP contribution in [0.3, 0.4) is 0 Å². The number of rotatable bonds is 6. The van der Waals surface area contributed by atoms with Crippen LogP contribution in [0.25, 0.3) is 0 Å². The molecule has 2 aromatic carbocycles. The Hall–Kier alpha value is -2.49. The third-order valence-electron chi connectivity index (χ3n) is 3.64. The van der Waals surface area contributed by atoms with Crippen LogP contribution in [0.5, 0.6) is 5.75 Å². The fourth-order valence-electron chi connectivity index (χ4n) is 2.40. The van der Waals surface area contributed by atoms with E-state index in [1.54, 1.807) is 0 Å². The molecule has 2 N–H and O–H groups in total. The maximum absolute atomic E-state index is 12.0. The Labute approximate surface area is 137 Å². The lowest BCUT2D eigenvalue weighted by atomic mass is 10.0. The molecular formula is C19H24N2O2. The largest absolute Gasteiger partial charge is 0.473 e. The number of hydrogen-bond acceptors (Lipinski definition) is 2. The summed E-state index contributed by atoms with van der Waals surface area (Å²) in [6, 6.07) is 15.4. The van der Waals surface area contributed by atoms with Gasteiger partial charge in [0, 0.05) is 5.69 Å². The van der Waals surface area contributed by atoms with E-state index >= 15 is 0 Å². The SMILES string of the molecule is CCc1ccccc1OCNC(=O)Nc1ccccc1C(C)C. The van der Waals surface area contributed by atoms with Gasteiger partial charge in [-0.1, -0.05) is 57.2 Å². The summed E-state index contributed by atoms with van der Waals surface area (Å²) in [5, 5.41) is 5.60. The molecule has 122 valence electrons. The number of amides is 2. The minimum absolute atomic E-state index is 0.132. The molecular weight excluding hydrogens is 288 g/mol. The van der Waals surface area contributed by atoms with Crippen molar-refractivity contribution in [3.05, 3.63) is 59.7 Å². The van der Waals surface area contributed by atoms with Gasteiger partial charge in [0.2, 0.25) is 0 Å². The van der Waals surface area contributed by atoms with Gasteiger partial charge in [0.1, 0.15) is 5.75 Å². The Morgan fingerprint density at radius 2 is 1.78 bits per heavy atom. The minimum Gasteiger partial charge on any atom is -0.473 e.